The van der Waals surface area contributed by atoms with Gasteiger partial charge >= 0.3 is 6.18 Å². The molecule has 0 aliphatic heterocycles. The third-order valence-corrected chi connectivity index (χ3v) is 2.28. The molecule has 6 heteroatoms. The number of hydrogen-bond donors (Lipinski definition) is 1. The maximum absolute atomic E-state index is 11.9. The van der Waals surface area contributed by atoms with Crippen LogP contribution in [-0.4, -0.2) is 22.5 Å². The molecule has 0 bridgehead atoms. The van der Waals surface area contributed by atoms with E-state index >= 15 is 0 Å². The first kappa shape index (κ1) is 13.0. The maximum atomic E-state index is 11.9. The van der Waals surface area contributed by atoms with E-state index in [0.29, 0.717) is 6.54 Å². The fraction of sp³-hybridized carbons (Fsp3) is 0.700. The third kappa shape index (κ3) is 4.22. The van der Waals surface area contributed by atoms with Crippen molar-refractivity contribution in [1.29, 1.82) is 0 Å². The van der Waals surface area contributed by atoms with Crippen molar-refractivity contribution < 1.29 is 13.2 Å². The van der Waals surface area contributed by atoms with E-state index in [9.17, 15) is 13.2 Å². The van der Waals surface area contributed by atoms with Crippen molar-refractivity contribution in [2.24, 2.45) is 7.05 Å². The van der Waals surface area contributed by atoms with Crippen LogP contribution in [0, 0.1) is 0 Å². The van der Waals surface area contributed by atoms with E-state index in [1.807, 2.05) is 13.0 Å². The summed E-state index contributed by atoms with van der Waals surface area (Å²) in [6.45, 7) is 2.35. The Morgan fingerprint density at radius 3 is 2.62 bits per heavy atom. The molecule has 3 nitrogen and oxygen atoms in total. The van der Waals surface area contributed by atoms with Crippen molar-refractivity contribution in [2.75, 3.05) is 6.54 Å². The summed E-state index contributed by atoms with van der Waals surface area (Å²) < 4.78 is 37.3. The Morgan fingerprint density at radius 1 is 1.44 bits per heavy atom. The van der Waals surface area contributed by atoms with E-state index in [1.54, 1.807) is 11.7 Å². The van der Waals surface area contributed by atoms with Crippen LogP contribution >= 0.6 is 0 Å². The number of nitrogens with one attached hydrogen (secondary N) is 1. The fourth-order valence-corrected chi connectivity index (χ4v) is 1.36. The Morgan fingerprint density at radius 2 is 2.12 bits per heavy atom. The number of halogens is 3. The number of rotatable bonds is 5. The first-order valence-electron chi connectivity index (χ1n) is 5.21. The molecule has 1 aromatic heterocycles. The Labute approximate surface area is 92.6 Å². The van der Waals surface area contributed by atoms with Crippen molar-refractivity contribution in [3.05, 3.63) is 17.5 Å². The minimum atomic E-state index is -4.09. The monoisotopic (exact) mass is 235 g/mol. The predicted octanol–water partition coefficient (Wildman–Crippen LogP) is 2.02. The summed E-state index contributed by atoms with van der Waals surface area (Å²) in [4.78, 5) is 0. The molecule has 0 fully saturated rings. The van der Waals surface area contributed by atoms with Crippen LogP contribution in [0.15, 0.2) is 6.07 Å². The fourth-order valence-electron chi connectivity index (χ4n) is 1.36. The summed E-state index contributed by atoms with van der Waals surface area (Å²) in [5.41, 5.74) is 1.86. The Balaban J connectivity index is 2.34. The Hall–Kier alpha value is -1.04. The van der Waals surface area contributed by atoms with Gasteiger partial charge in [0.25, 0.3) is 0 Å². The van der Waals surface area contributed by atoms with Gasteiger partial charge in [0.15, 0.2) is 0 Å². The van der Waals surface area contributed by atoms with Crippen molar-refractivity contribution >= 4 is 0 Å². The van der Waals surface area contributed by atoms with Gasteiger partial charge in [-0.25, -0.2) is 0 Å². The average molecular weight is 235 g/mol. The molecule has 16 heavy (non-hydrogen) atoms. The lowest BCUT2D eigenvalue weighted by atomic mass is 10.3. The van der Waals surface area contributed by atoms with Crippen molar-refractivity contribution in [3.63, 3.8) is 0 Å². The van der Waals surface area contributed by atoms with Crippen LogP contribution in [0.1, 0.15) is 24.7 Å². The van der Waals surface area contributed by atoms with E-state index in [2.05, 4.69) is 10.4 Å². The van der Waals surface area contributed by atoms with Gasteiger partial charge in [-0.2, -0.15) is 18.3 Å². The van der Waals surface area contributed by atoms with Gasteiger partial charge in [-0.05, 0) is 12.5 Å². The highest BCUT2D eigenvalue weighted by atomic mass is 19.4. The van der Waals surface area contributed by atoms with E-state index in [4.69, 9.17) is 0 Å². The van der Waals surface area contributed by atoms with E-state index in [0.717, 1.165) is 17.8 Å². The molecular weight excluding hydrogens is 219 g/mol. The van der Waals surface area contributed by atoms with Crippen LogP contribution in [0.5, 0.6) is 0 Å². The molecule has 0 atom stereocenters. The van der Waals surface area contributed by atoms with E-state index < -0.39 is 12.6 Å². The van der Waals surface area contributed by atoms with Crippen LogP contribution in [0.25, 0.3) is 0 Å². The predicted molar refractivity (Wildman–Crippen MR) is 55.0 cm³/mol. The molecular formula is C10H16F3N3. The molecule has 92 valence electrons. The van der Waals surface area contributed by atoms with Gasteiger partial charge in [-0.1, -0.05) is 6.92 Å². The Bertz CT molecular complexity index is 331. The minimum absolute atomic E-state index is 0.0594. The van der Waals surface area contributed by atoms with E-state index in [-0.39, 0.29) is 6.54 Å². The summed E-state index contributed by atoms with van der Waals surface area (Å²) in [5, 5.41) is 6.97. The van der Waals surface area contributed by atoms with Gasteiger partial charge in [0.2, 0.25) is 0 Å². The zero-order valence-corrected chi connectivity index (χ0v) is 9.43. The molecule has 1 N–H and O–H groups in total. The first-order chi connectivity index (χ1) is 7.42. The zero-order chi connectivity index (χ0) is 12.2. The van der Waals surface area contributed by atoms with Crippen molar-refractivity contribution in [3.8, 4) is 0 Å². The van der Waals surface area contributed by atoms with Crippen molar-refractivity contribution in [2.45, 2.75) is 32.5 Å². The summed E-state index contributed by atoms with van der Waals surface area (Å²) >= 11 is 0. The smallest absolute Gasteiger partial charge is 0.311 e. The van der Waals surface area contributed by atoms with Crippen molar-refractivity contribution in [1.82, 2.24) is 15.1 Å². The molecule has 0 saturated heterocycles. The van der Waals surface area contributed by atoms with Crippen LogP contribution < -0.4 is 5.32 Å². The molecule has 0 spiro atoms. The van der Waals surface area contributed by atoms with Crippen LogP contribution in [0.2, 0.25) is 0 Å². The summed E-state index contributed by atoms with van der Waals surface area (Å²) in [6, 6.07) is 1.90. The topological polar surface area (TPSA) is 29.9 Å². The second-order valence-corrected chi connectivity index (χ2v) is 3.65. The van der Waals surface area contributed by atoms with Crippen LogP contribution in [-0.2, 0) is 20.0 Å². The number of aromatic nitrogens is 2. The minimum Gasteiger partial charge on any atom is -0.311 e. The van der Waals surface area contributed by atoms with Crippen LogP contribution in [0.4, 0.5) is 13.2 Å². The molecule has 0 aliphatic rings. The van der Waals surface area contributed by atoms with Gasteiger partial charge < -0.3 is 5.32 Å². The number of alkyl halides is 3. The molecule has 0 amide bonds. The number of aryl methyl sites for hydroxylation is 2. The van der Waals surface area contributed by atoms with Gasteiger partial charge in [-0.3, -0.25) is 4.68 Å². The molecule has 0 aliphatic carbocycles. The third-order valence-electron chi connectivity index (χ3n) is 2.28. The molecule has 0 radical (unpaired) electrons. The lowest BCUT2D eigenvalue weighted by Gasteiger charge is -2.07. The van der Waals surface area contributed by atoms with Gasteiger partial charge in [0.1, 0.15) is 0 Å². The second kappa shape index (κ2) is 5.34. The average Bonchev–Trinajstić information content (AvgIpc) is 2.53. The number of nitrogens with zero attached hydrogens (tertiary/aromatic N) is 2. The Kier molecular flexibility index (Phi) is 4.35. The lowest BCUT2D eigenvalue weighted by Crippen LogP contribution is -2.22. The second-order valence-electron chi connectivity index (χ2n) is 3.65. The highest BCUT2D eigenvalue weighted by Gasteiger charge is 2.25. The summed E-state index contributed by atoms with van der Waals surface area (Å²) in [5.74, 6) is 0. The van der Waals surface area contributed by atoms with Crippen LogP contribution in [0.3, 0.4) is 0 Å². The molecule has 1 heterocycles. The highest BCUT2D eigenvalue weighted by Crippen LogP contribution is 2.18. The number of hydrogen-bond acceptors (Lipinski definition) is 2. The van der Waals surface area contributed by atoms with Gasteiger partial charge in [0, 0.05) is 20.1 Å². The van der Waals surface area contributed by atoms with E-state index in [1.165, 1.54) is 0 Å². The molecule has 1 aromatic rings. The maximum Gasteiger partial charge on any atom is 0.390 e. The largest absolute Gasteiger partial charge is 0.390 e. The quantitative estimate of drug-likeness (QED) is 0.791. The molecule has 0 aromatic carbocycles. The molecule has 1 rings (SSSR count). The summed E-state index contributed by atoms with van der Waals surface area (Å²) in [6.07, 6.45) is -4.06. The summed E-state index contributed by atoms with van der Waals surface area (Å²) in [7, 11) is 1.79. The lowest BCUT2D eigenvalue weighted by molar-refractivity contribution is -0.133. The van der Waals surface area contributed by atoms with Gasteiger partial charge in [0.05, 0.1) is 17.8 Å². The molecule has 0 saturated carbocycles. The molecule has 0 unspecified atom stereocenters. The SMILES string of the molecule is CCc1cc(CNCCC(F)(F)F)n(C)n1. The first-order valence-corrected chi connectivity index (χ1v) is 5.21. The highest BCUT2D eigenvalue weighted by molar-refractivity contribution is 5.09. The van der Waals surface area contributed by atoms with Gasteiger partial charge in [-0.15, -0.1) is 0 Å². The normalized spacial score (nSPS) is 12.1. The zero-order valence-electron chi connectivity index (χ0n) is 9.43. The standard InChI is InChI=1S/C10H16F3N3/c1-3-8-6-9(16(2)15-8)7-14-5-4-10(11,12)13/h6,14H,3-5,7H2,1-2H3.